The van der Waals surface area contributed by atoms with Crippen LogP contribution in [0.5, 0.6) is 0 Å². The van der Waals surface area contributed by atoms with Gasteiger partial charge in [-0.2, -0.15) is 0 Å². The maximum absolute atomic E-state index is 11.6. The fraction of sp³-hybridized carbons (Fsp3) is 0.188. The lowest BCUT2D eigenvalue weighted by atomic mass is 10.1. The van der Waals surface area contributed by atoms with E-state index in [-0.39, 0.29) is 12.2 Å². The van der Waals surface area contributed by atoms with Crippen LogP contribution in [0.15, 0.2) is 54.6 Å². The van der Waals surface area contributed by atoms with Gasteiger partial charge in [0.2, 0.25) is 0 Å². The zero-order valence-electron chi connectivity index (χ0n) is 11.2. The lowest BCUT2D eigenvalue weighted by molar-refractivity contribution is -0.139. The van der Waals surface area contributed by atoms with Crippen LogP contribution in [0.2, 0.25) is 0 Å². The summed E-state index contributed by atoms with van der Waals surface area (Å²) in [6.45, 7) is 5.60. The number of ether oxygens (including phenoxy) is 1. The molecule has 1 aromatic carbocycles. The molecule has 0 aliphatic carbocycles. The lowest BCUT2D eigenvalue weighted by Gasteiger charge is -2.10. The minimum absolute atomic E-state index is 0.0633. The van der Waals surface area contributed by atoms with Gasteiger partial charge in [0.1, 0.15) is 6.10 Å². The van der Waals surface area contributed by atoms with E-state index in [2.05, 4.69) is 6.58 Å². The highest BCUT2D eigenvalue weighted by atomic mass is 32.1. The van der Waals surface area contributed by atoms with E-state index in [1.165, 1.54) is 11.3 Å². The molecule has 1 atom stereocenters. The molecule has 0 bridgehead atoms. The van der Waals surface area contributed by atoms with Crippen molar-refractivity contribution in [1.29, 1.82) is 0 Å². The molecule has 0 spiro atoms. The molecule has 0 fully saturated rings. The van der Waals surface area contributed by atoms with Crippen LogP contribution < -0.4 is 0 Å². The minimum Gasteiger partial charge on any atom is -0.463 e. The van der Waals surface area contributed by atoms with Gasteiger partial charge in [0.15, 0.2) is 0 Å². The van der Waals surface area contributed by atoms with E-state index < -0.39 is 12.1 Å². The third kappa shape index (κ3) is 3.15. The first-order valence-corrected chi connectivity index (χ1v) is 7.14. The van der Waals surface area contributed by atoms with Gasteiger partial charge in [-0.25, -0.2) is 4.79 Å². The topological polar surface area (TPSA) is 46.5 Å². The molecule has 0 aliphatic heterocycles. The third-order valence-corrected chi connectivity index (χ3v) is 4.01. The second-order valence-electron chi connectivity index (χ2n) is 4.22. The number of thiophene rings is 1. The Hall–Kier alpha value is -1.91. The van der Waals surface area contributed by atoms with Crippen LogP contribution in [0.25, 0.3) is 10.4 Å². The Kier molecular flexibility index (Phi) is 4.71. The molecule has 4 heteroatoms. The van der Waals surface area contributed by atoms with Gasteiger partial charge in [-0.05, 0) is 24.6 Å². The first kappa shape index (κ1) is 14.5. The average molecular weight is 288 g/mol. The van der Waals surface area contributed by atoms with Crippen LogP contribution in [0, 0.1) is 0 Å². The number of aliphatic hydroxyl groups excluding tert-OH is 1. The van der Waals surface area contributed by atoms with Crippen molar-refractivity contribution in [3.8, 4) is 10.4 Å². The molecule has 0 saturated heterocycles. The molecule has 0 saturated carbocycles. The zero-order valence-corrected chi connectivity index (χ0v) is 12.0. The van der Waals surface area contributed by atoms with Gasteiger partial charge in [-0.15, -0.1) is 11.3 Å². The summed E-state index contributed by atoms with van der Waals surface area (Å²) in [4.78, 5) is 13.3. The monoisotopic (exact) mass is 288 g/mol. The second kappa shape index (κ2) is 6.50. The summed E-state index contributed by atoms with van der Waals surface area (Å²) in [6, 6.07) is 13.6. The summed E-state index contributed by atoms with van der Waals surface area (Å²) in [5, 5.41) is 10.2. The van der Waals surface area contributed by atoms with E-state index >= 15 is 0 Å². The van der Waals surface area contributed by atoms with Crippen LogP contribution in [-0.2, 0) is 9.53 Å². The standard InChI is InChI=1S/C16H16O3S/c1-3-19-16(18)11(2)15(17)14-10-9-13(20-14)12-7-5-4-6-8-12/h4-10,15,17H,2-3H2,1H3. The van der Waals surface area contributed by atoms with Crippen molar-refractivity contribution in [2.75, 3.05) is 6.61 Å². The van der Waals surface area contributed by atoms with Crippen molar-refractivity contribution in [2.45, 2.75) is 13.0 Å². The lowest BCUT2D eigenvalue weighted by Crippen LogP contribution is -2.12. The molecule has 3 nitrogen and oxygen atoms in total. The Bertz CT molecular complexity index is 601. The molecule has 2 rings (SSSR count). The van der Waals surface area contributed by atoms with Crippen molar-refractivity contribution < 1.29 is 14.6 Å². The molecule has 104 valence electrons. The molecule has 0 radical (unpaired) electrons. The Morgan fingerprint density at radius 1 is 1.30 bits per heavy atom. The SMILES string of the molecule is C=C(C(=O)OCC)C(O)c1ccc(-c2ccccc2)s1. The Labute approximate surface area is 122 Å². The number of esters is 1. The predicted molar refractivity (Wildman–Crippen MR) is 80.5 cm³/mol. The van der Waals surface area contributed by atoms with Crippen LogP contribution in [0.4, 0.5) is 0 Å². The molecule has 20 heavy (non-hydrogen) atoms. The van der Waals surface area contributed by atoms with Crippen LogP contribution >= 0.6 is 11.3 Å². The van der Waals surface area contributed by atoms with E-state index in [4.69, 9.17) is 4.74 Å². The number of rotatable bonds is 5. The second-order valence-corrected chi connectivity index (χ2v) is 5.33. The van der Waals surface area contributed by atoms with E-state index in [0.717, 1.165) is 10.4 Å². The number of hydrogen-bond donors (Lipinski definition) is 1. The molecule has 0 amide bonds. The number of carbonyl (C=O) groups is 1. The van der Waals surface area contributed by atoms with Crippen LogP contribution in [-0.4, -0.2) is 17.7 Å². The molecular formula is C16H16O3S. The molecule has 0 aliphatic rings. The molecule has 1 aromatic heterocycles. The van der Waals surface area contributed by atoms with Gasteiger partial charge in [0, 0.05) is 9.75 Å². The number of aliphatic hydroxyl groups is 1. The van der Waals surface area contributed by atoms with Gasteiger partial charge in [-0.1, -0.05) is 36.9 Å². The summed E-state index contributed by atoms with van der Waals surface area (Å²) in [5.74, 6) is -0.560. The summed E-state index contributed by atoms with van der Waals surface area (Å²) in [5.41, 5.74) is 1.14. The minimum atomic E-state index is -1.02. The fourth-order valence-electron chi connectivity index (χ4n) is 1.76. The fourth-order valence-corrected chi connectivity index (χ4v) is 2.80. The van der Waals surface area contributed by atoms with Gasteiger partial charge < -0.3 is 9.84 Å². The molecule has 2 aromatic rings. The average Bonchev–Trinajstić information content (AvgIpc) is 2.96. The third-order valence-electron chi connectivity index (χ3n) is 2.82. The highest BCUT2D eigenvalue weighted by Crippen LogP contribution is 2.33. The highest BCUT2D eigenvalue weighted by Gasteiger charge is 2.21. The van der Waals surface area contributed by atoms with Crippen molar-refractivity contribution in [3.05, 3.63) is 59.5 Å². The van der Waals surface area contributed by atoms with Gasteiger partial charge in [0.25, 0.3) is 0 Å². The van der Waals surface area contributed by atoms with Crippen LogP contribution in [0.1, 0.15) is 17.9 Å². The summed E-state index contributed by atoms with van der Waals surface area (Å²) >= 11 is 1.44. The molecule has 1 heterocycles. The van der Waals surface area contributed by atoms with E-state index in [0.29, 0.717) is 4.88 Å². The quantitative estimate of drug-likeness (QED) is 0.676. The van der Waals surface area contributed by atoms with Crippen molar-refractivity contribution in [2.24, 2.45) is 0 Å². The summed E-state index contributed by atoms with van der Waals surface area (Å²) < 4.78 is 4.84. The van der Waals surface area contributed by atoms with Gasteiger partial charge in [0.05, 0.1) is 12.2 Å². The first-order valence-electron chi connectivity index (χ1n) is 6.32. The molecule has 1 N–H and O–H groups in total. The Morgan fingerprint density at radius 3 is 2.65 bits per heavy atom. The van der Waals surface area contributed by atoms with Crippen molar-refractivity contribution >= 4 is 17.3 Å². The van der Waals surface area contributed by atoms with Crippen molar-refractivity contribution in [3.63, 3.8) is 0 Å². The zero-order chi connectivity index (χ0) is 14.5. The number of benzene rings is 1. The largest absolute Gasteiger partial charge is 0.463 e. The Balaban J connectivity index is 2.16. The Morgan fingerprint density at radius 2 is 2.00 bits per heavy atom. The summed E-state index contributed by atoms with van der Waals surface area (Å²) in [6.07, 6.45) is -1.02. The van der Waals surface area contributed by atoms with Crippen molar-refractivity contribution in [1.82, 2.24) is 0 Å². The van der Waals surface area contributed by atoms with E-state index in [1.54, 1.807) is 6.92 Å². The molecular weight excluding hydrogens is 272 g/mol. The maximum Gasteiger partial charge on any atom is 0.336 e. The van der Waals surface area contributed by atoms with Gasteiger partial charge in [-0.3, -0.25) is 0 Å². The number of hydrogen-bond acceptors (Lipinski definition) is 4. The first-order chi connectivity index (χ1) is 9.63. The van der Waals surface area contributed by atoms with Gasteiger partial charge >= 0.3 is 5.97 Å². The molecule has 1 unspecified atom stereocenters. The normalized spacial score (nSPS) is 11.9. The predicted octanol–water partition coefficient (Wildman–Crippen LogP) is 3.57. The highest BCUT2D eigenvalue weighted by molar-refractivity contribution is 7.15. The number of carbonyl (C=O) groups excluding carboxylic acids is 1. The summed E-state index contributed by atoms with van der Waals surface area (Å²) in [7, 11) is 0. The van der Waals surface area contributed by atoms with E-state index in [1.807, 2.05) is 42.5 Å². The maximum atomic E-state index is 11.6. The smallest absolute Gasteiger partial charge is 0.336 e. The van der Waals surface area contributed by atoms with E-state index in [9.17, 15) is 9.90 Å². The van der Waals surface area contributed by atoms with Crippen LogP contribution in [0.3, 0.4) is 0 Å².